The van der Waals surface area contributed by atoms with Crippen molar-refractivity contribution in [3.05, 3.63) is 41.3 Å². The molecular formula is C24H33N3O3. The number of likely N-dealkylation sites (N-methyl/N-ethyl adjacent to an activating group) is 1. The van der Waals surface area contributed by atoms with Gasteiger partial charge in [-0.2, -0.15) is 0 Å². The van der Waals surface area contributed by atoms with Gasteiger partial charge in [-0.25, -0.2) is 0 Å². The summed E-state index contributed by atoms with van der Waals surface area (Å²) in [6.07, 6.45) is 4.65. The van der Waals surface area contributed by atoms with Crippen molar-refractivity contribution in [1.29, 1.82) is 0 Å². The Kier molecular flexibility index (Phi) is 5.78. The first-order valence-corrected chi connectivity index (χ1v) is 10.9. The highest BCUT2D eigenvalue weighted by molar-refractivity contribution is 5.93. The third kappa shape index (κ3) is 3.37. The molecule has 4 rings (SSSR count). The lowest BCUT2D eigenvalue weighted by Gasteiger charge is -2.46. The summed E-state index contributed by atoms with van der Waals surface area (Å²) in [6.45, 7) is 4.27. The summed E-state index contributed by atoms with van der Waals surface area (Å²) in [5, 5.41) is 1.21. The molecule has 6 nitrogen and oxygen atoms in total. The van der Waals surface area contributed by atoms with Gasteiger partial charge in [-0.15, -0.1) is 0 Å². The Labute approximate surface area is 178 Å². The standard InChI is InChI=1S/C24H33N3O3/c1-6-15-13-27-11-10-16-22-19(8-7-9-21(22)30-5)25-23(16)20(27)12-17(15)18(14-29-4)24(28)26(2)3/h7-9,14-15,17,20,25H,6,10-13H2,1-5H3/b18-14+/t15-,17-,20+/m0/s1. The average Bonchev–Trinajstić information content (AvgIpc) is 3.15. The zero-order valence-corrected chi connectivity index (χ0v) is 18.7. The number of fused-ring (bicyclic) bond motifs is 5. The normalized spacial score (nSPS) is 24.3. The minimum absolute atomic E-state index is 0.0445. The first-order valence-electron chi connectivity index (χ1n) is 10.9. The van der Waals surface area contributed by atoms with Gasteiger partial charge in [0.25, 0.3) is 5.91 Å². The number of nitrogens with zero attached hydrogens (tertiary/aromatic N) is 2. The highest BCUT2D eigenvalue weighted by Gasteiger charge is 2.42. The zero-order valence-electron chi connectivity index (χ0n) is 18.7. The zero-order chi connectivity index (χ0) is 21.4. The Morgan fingerprint density at radius 3 is 2.80 bits per heavy atom. The molecule has 30 heavy (non-hydrogen) atoms. The van der Waals surface area contributed by atoms with Gasteiger partial charge in [0.1, 0.15) is 5.75 Å². The van der Waals surface area contributed by atoms with Gasteiger partial charge in [0.15, 0.2) is 0 Å². The van der Waals surface area contributed by atoms with Crippen LogP contribution in [-0.4, -0.2) is 62.1 Å². The van der Waals surface area contributed by atoms with Gasteiger partial charge in [0.05, 0.1) is 32.1 Å². The van der Waals surface area contributed by atoms with Gasteiger partial charge in [-0.3, -0.25) is 9.69 Å². The Morgan fingerprint density at radius 2 is 2.13 bits per heavy atom. The second kappa shape index (κ2) is 8.34. The van der Waals surface area contributed by atoms with Crippen LogP contribution in [0.5, 0.6) is 5.75 Å². The van der Waals surface area contributed by atoms with Gasteiger partial charge in [-0.05, 0) is 42.4 Å². The molecule has 1 amide bonds. The number of hydrogen-bond acceptors (Lipinski definition) is 4. The summed E-state index contributed by atoms with van der Waals surface area (Å²) >= 11 is 0. The molecule has 0 unspecified atom stereocenters. The van der Waals surface area contributed by atoms with Crippen LogP contribution in [0.4, 0.5) is 0 Å². The molecule has 6 heteroatoms. The van der Waals surface area contributed by atoms with E-state index in [2.05, 4.69) is 22.9 Å². The van der Waals surface area contributed by atoms with E-state index in [9.17, 15) is 4.79 Å². The molecule has 3 heterocycles. The number of H-pyrrole nitrogens is 1. The van der Waals surface area contributed by atoms with E-state index in [1.54, 1.807) is 25.4 Å². The number of rotatable bonds is 5. The molecule has 0 bridgehead atoms. The molecule has 1 fully saturated rings. The number of amides is 1. The topological polar surface area (TPSA) is 57.8 Å². The maximum Gasteiger partial charge on any atom is 0.252 e. The van der Waals surface area contributed by atoms with Crippen molar-refractivity contribution < 1.29 is 14.3 Å². The molecule has 1 aromatic carbocycles. The quantitative estimate of drug-likeness (QED) is 0.602. The van der Waals surface area contributed by atoms with Crippen LogP contribution in [0, 0.1) is 11.8 Å². The molecule has 2 aliphatic rings. The van der Waals surface area contributed by atoms with E-state index in [4.69, 9.17) is 9.47 Å². The fraction of sp³-hybridized carbons (Fsp3) is 0.542. The number of hydrogen-bond donors (Lipinski definition) is 1. The fourth-order valence-corrected chi connectivity index (χ4v) is 5.43. The Balaban J connectivity index is 1.76. The Bertz CT molecular complexity index is 962. The second-order valence-corrected chi connectivity index (χ2v) is 8.68. The lowest BCUT2D eigenvalue weighted by molar-refractivity contribution is -0.126. The van der Waals surface area contributed by atoms with Crippen molar-refractivity contribution in [2.75, 3.05) is 41.4 Å². The SMILES string of the molecule is CC[C@H]1CN2CCc3c([nH]c4cccc(OC)c34)[C@H]2C[C@@H]1/C(=C\OC)C(=O)N(C)C. The van der Waals surface area contributed by atoms with Crippen molar-refractivity contribution in [3.8, 4) is 5.75 Å². The van der Waals surface area contributed by atoms with Crippen LogP contribution >= 0.6 is 0 Å². The third-order valence-corrected chi connectivity index (χ3v) is 6.90. The molecule has 2 aromatic rings. The third-order valence-electron chi connectivity index (χ3n) is 6.90. The number of methoxy groups -OCH3 is 2. The van der Waals surface area contributed by atoms with Crippen molar-refractivity contribution >= 4 is 16.8 Å². The lowest BCUT2D eigenvalue weighted by atomic mass is 9.73. The minimum Gasteiger partial charge on any atom is -0.504 e. The molecular weight excluding hydrogens is 378 g/mol. The predicted molar refractivity (Wildman–Crippen MR) is 119 cm³/mol. The largest absolute Gasteiger partial charge is 0.504 e. The highest BCUT2D eigenvalue weighted by atomic mass is 16.5. The van der Waals surface area contributed by atoms with Gasteiger partial charge in [0, 0.05) is 43.8 Å². The monoisotopic (exact) mass is 411 g/mol. The van der Waals surface area contributed by atoms with E-state index in [1.165, 1.54) is 16.6 Å². The van der Waals surface area contributed by atoms with Crippen LogP contribution in [-0.2, 0) is 16.0 Å². The van der Waals surface area contributed by atoms with Gasteiger partial charge in [0.2, 0.25) is 0 Å². The van der Waals surface area contributed by atoms with Crippen molar-refractivity contribution in [2.24, 2.45) is 11.8 Å². The first-order chi connectivity index (χ1) is 14.5. The van der Waals surface area contributed by atoms with Gasteiger partial charge >= 0.3 is 0 Å². The predicted octanol–water partition coefficient (Wildman–Crippen LogP) is 3.74. The minimum atomic E-state index is 0.0445. The van der Waals surface area contributed by atoms with Crippen molar-refractivity contribution in [2.45, 2.75) is 32.2 Å². The van der Waals surface area contributed by atoms with Gasteiger partial charge in [-0.1, -0.05) is 19.4 Å². The lowest BCUT2D eigenvalue weighted by Crippen LogP contribution is -2.47. The van der Waals surface area contributed by atoms with E-state index >= 15 is 0 Å². The molecule has 1 saturated heterocycles. The van der Waals surface area contributed by atoms with Crippen LogP contribution in [0.25, 0.3) is 10.9 Å². The number of piperidine rings is 1. The maximum atomic E-state index is 13.0. The molecule has 0 radical (unpaired) electrons. The fourth-order valence-electron chi connectivity index (χ4n) is 5.43. The van der Waals surface area contributed by atoms with Crippen LogP contribution in [0.3, 0.4) is 0 Å². The van der Waals surface area contributed by atoms with Gasteiger partial charge < -0.3 is 19.4 Å². The molecule has 1 aromatic heterocycles. The Morgan fingerprint density at radius 1 is 1.33 bits per heavy atom. The first kappa shape index (κ1) is 20.8. The molecule has 162 valence electrons. The number of benzene rings is 1. The molecule has 1 N–H and O–H groups in total. The van der Waals surface area contributed by atoms with E-state index < -0.39 is 0 Å². The van der Waals surface area contributed by atoms with E-state index in [1.807, 2.05) is 26.2 Å². The summed E-state index contributed by atoms with van der Waals surface area (Å²) in [5.41, 5.74) is 4.57. The van der Waals surface area contributed by atoms with E-state index in [0.717, 1.165) is 49.2 Å². The number of aromatic nitrogens is 1. The summed E-state index contributed by atoms with van der Waals surface area (Å²) in [4.78, 5) is 20.9. The number of aromatic amines is 1. The Hall–Kier alpha value is -2.47. The average molecular weight is 412 g/mol. The molecule has 2 aliphatic heterocycles. The van der Waals surface area contributed by atoms with Crippen molar-refractivity contribution in [3.63, 3.8) is 0 Å². The number of ether oxygens (including phenoxy) is 2. The number of nitrogens with one attached hydrogen (secondary N) is 1. The summed E-state index contributed by atoms with van der Waals surface area (Å²) in [6, 6.07) is 6.47. The number of carbonyl (C=O) groups is 1. The molecule has 0 spiro atoms. The highest BCUT2D eigenvalue weighted by Crippen LogP contribution is 2.47. The van der Waals surface area contributed by atoms with Crippen molar-refractivity contribution in [1.82, 2.24) is 14.8 Å². The molecule has 0 saturated carbocycles. The van der Waals surface area contributed by atoms with E-state index in [-0.39, 0.29) is 17.9 Å². The summed E-state index contributed by atoms with van der Waals surface area (Å²) < 4.78 is 11.0. The maximum absolute atomic E-state index is 13.0. The number of carbonyl (C=O) groups excluding carboxylic acids is 1. The van der Waals surface area contributed by atoms with Crippen LogP contribution in [0.15, 0.2) is 30.0 Å². The second-order valence-electron chi connectivity index (χ2n) is 8.68. The molecule has 3 atom stereocenters. The summed E-state index contributed by atoms with van der Waals surface area (Å²) in [7, 11) is 6.98. The summed E-state index contributed by atoms with van der Waals surface area (Å²) in [5.74, 6) is 1.58. The van der Waals surface area contributed by atoms with Crippen LogP contribution < -0.4 is 4.74 Å². The van der Waals surface area contributed by atoms with E-state index in [0.29, 0.717) is 5.92 Å². The molecule has 0 aliphatic carbocycles. The van der Waals surface area contributed by atoms with Crippen LogP contribution in [0.1, 0.15) is 37.1 Å². The smallest absolute Gasteiger partial charge is 0.252 e. The van der Waals surface area contributed by atoms with Crippen LogP contribution in [0.2, 0.25) is 0 Å².